The summed E-state index contributed by atoms with van der Waals surface area (Å²) in [6.07, 6.45) is 70.7. The molecule has 0 heterocycles. The third-order valence-electron chi connectivity index (χ3n) is 21.2. The van der Waals surface area contributed by atoms with Crippen LogP contribution in [0.2, 0.25) is 0 Å². The maximum atomic E-state index is 13.2. The van der Waals surface area contributed by atoms with Crippen molar-refractivity contribution in [1.29, 1.82) is 0 Å². The molecule has 0 aliphatic rings. The van der Waals surface area contributed by atoms with Gasteiger partial charge in [-0.15, -0.1) is 0 Å². The van der Waals surface area contributed by atoms with Crippen LogP contribution in [0.3, 0.4) is 0 Å². The molecule has 0 amide bonds. The van der Waals surface area contributed by atoms with Crippen molar-refractivity contribution in [3.8, 4) is 0 Å². The highest BCUT2D eigenvalue weighted by molar-refractivity contribution is 7.47. The minimum absolute atomic E-state index is 0.108. The fourth-order valence-electron chi connectivity index (χ4n) is 13.5. The van der Waals surface area contributed by atoms with E-state index in [9.17, 15) is 43.2 Å². The van der Waals surface area contributed by atoms with Crippen molar-refractivity contribution in [2.45, 2.75) is 484 Å². The van der Waals surface area contributed by atoms with Crippen LogP contribution < -0.4 is 0 Å². The van der Waals surface area contributed by atoms with Crippen LogP contribution in [0.15, 0.2) is 0 Å². The van der Waals surface area contributed by atoms with E-state index in [0.29, 0.717) is 25.7 Å². The van der Waals surface area contributed by atoms with Crippen molar-refractivity contribution in [2.24, 2.45) is 11.8 Å². The zero-order valence-electron chi connectivity index (χ0n) is 69.7. The number of rotatable bonds is 86. The van der Waals surface area contributed by atoms with Gasteiger partial charge < -0.3 is 33.8 Å². The van der Waals surface area contributed by atoms with Gasteiger partial charge in [-0.3, -0.25) is 37.3 Å². The van der Waals surface area contributed by atoms with E-state index in [1.165, 1.54) is 283 Å². The molecule has 0 rings (SSSR count). The van der Waals surface area contributed by atoms with Gasteiger partial charge in [-0.05, 0) is 37.5 Å². The molecule has 19 heteroatoms. The number of esters is 4. The van der Waals surface area contributed by atoms with Gasteiger partial charge in [0.15, 0.2) is 12.2 Å². The van der Waals surface area contributed by atoms with E-state index in [0.717, 1.165) is 102 Å². The van der Waals surface area contributed by atoms with Crippen LogP contribution in [0.1, 0.15) is 465 Å². The van der Waals surface area contributed by atoms with Crippen LogP contribution in [0.25, 0.3) is 0 Å². The summed E-state index contributed by atoms with van der Waals surface area (Å²) < 4.78 is 68.9. The van der Waals surface area contributed by atoms with E-state index < -0.39 is 97.5 Å². The third-order valence-corrected chi connectivity index (χ3v) is 23.1. The highest BCUT2D eigenvalue weighted by Gasteiger charge is 2.30. The first-order chi connectivity index (χ1) is 51.4. The summed E-state index contributed by atoms with van der Waals surface area (Å²) in [6, 6.07) is 0. The lowest BCUT2D eigenvalue weighted by atomic mass is 9.99. The molecule has 0 aliphatic carbocycles. The van der Waals surface area contributed by atoms with Crippen molar-refractivity contribution in [3.63, 3.8) is 0 Å². The first kappa shape index (κ1) is 104. The van der Waals surface area contributed by atoms with Gasteiger partial charge in [0.1, 0.15) is 19.3 Å². The maximum absolute atomic E-state index is 13.2. The first-order valence-corrected chi connectivity index (χ1v) is 48.1. The number of aliphatic hydroxyl groups excluding tert-OH is 1. The number of phosphoric ester groups is 2. The number of carbonyl (C=O) groups is 4. The molecule has 4 unspecified atom stereocenters. The lowest BCUT2D eigenvalue weighted by molar-refractivity contribution is -0.161. The Morgan fingerprint density at radius 1 is 0.264 bits per heavy atom. The fourth-order valence-corrected chi connectivity index (χ4v) is 15.1. The minimum Gasteiger partial charge on any atom is -0.462 e. The molecule has 0 radical (unpaired) electrons. The molecule has 106 heavy (non-hydrogen) atoms. The topological polar surface area (TPSA) is 237 Å². The fraction of sp³-hybridized carbons (Fsp3) is 0.954. The van der Waals surface area contributed by atoms with E-state index in [1.54, 1.807) is 0 Å². The Labute approximate surface area is 651 Å². The monoisotopic (exact) mass is 1550 g/mol. The molecule has 17 nitrogen and oxygen atoms in total. The van der Waals surface area contributed by atoms with Crippen molar-refractivity contribution < 1.29 is 80.2 Å². The molecule has 0 spiro atoms. The Morgan fingerprint density at radius 2 is 0.453 bits per heavy atom. The highest BCUT2D eigenvalue weighted by Crippen LogP contribution is 2.45. The molecule has 0 aliphatic heterocycles. The second-order valence-electron chi connectivity index (χ2n) is 31.8. The molecule has 630 valence electrons. The summed E-state index contributed by atoms with van der Waals surface area (Å²) in [5, 5.41) is 10.7. The highest BCUT2D eigenvalue weighted by atomic mass is 31.2. The predicted molar refractivity (Wildman–Crippen MR) is 437 cm³/mol. The molecule has 0 saturated heterocycles. The number of hydrogen-bond donors (Lipinski definition) is 3. The van der Waals surface area contributed by atoms with Crippen molar-refractivity contribution in [3.05, 3.63) is 0 Å². The van der Waals surface area contributed by atoms with Gasteiger partial charge in [0.25, 0.3) is 0 Å². The smallest absolute Gasteiger partial charge is 0.462 e. The molecule has 7 atom stereocenters. The Morgan fingerprint density at radius 3 is 0.670 bits per heavy atom. The average Bonchev–Trinajstić information content (AvgIpc) is 0.913. The van der Waals surface area contributed by atoms with Crippen LogP contribution in [-0.4, -0.2) is 96.7 Å². The van der Waals surface area contributed by atoms with E-state index >= 15 is 0 Å². The molecule has 0 bridgehead atoms. The maximum Gasteiger partial charge on any atom is 0.472 e. The standard InChI is InChI=1S/C87H170O17P2/c1-7-11-13-15-17-19-21-23-25-26-30-33-37-40-44-51-57-63-69-84(89)97-75-82(103-87(92)72-66-60-54-46-42-38-34-31-28-27-29-32-35-39-43-49-55-61-67-79(5)9-3)77-101-105(93,94)99-73-81(88)74-100-106(95,96)102-78-83(76-98-85(90)70-64-58-52-48-47-50-56-62-68-80(6)10-4)104-86(91)71-65-59-53-45-41-36-24-22-20-18-16-14-12-8-2/h79-83,88H,7-78H2,1-6H3,(H,93,94)(H,95,96)/t79?,80?,81-,82-,83-/m1/s1. The third kappa shape index (κ3) is 77.4. The van der Waals surface area contributed by atoms with Crippen LogP contribution in [-0.2, 0) is 65.4 Å². The summed E-state index contributed by atoms with van der Waals surface area (Å²) in [5.41, 5.74) is 0. The van der Waals surface area contributed by atoms with Gasteiger partial charge >= 0.3 is 39.5 Å². The lowest BCUT2D eigenvalue weighted by Gasteiger charge is -2.21. The first-order valence-electron chi connectivity index (χ1n) is 45.1. The molecule has 0 saturated carbocycles. The predicted octanol–water partition coefficient (Wildman–Crippen LogP) is 26.6. The van der Waals surface area contributed by atoms with Crippen LogP contribution in [0, 0.1) is 11.8 Å². The zero-order valence-corrected chi connectivity index (χ0v) is 71.5. The molecular weight excluding hydrogens is 1380 g/mol. The zero-order chi connectivity index (χ0) is 77.8. The molecule has 0 fully saturated rings. The van der Waals surface area contributed by atoms with Gasteiger partial charge in [0.2, 0.25) is 0 Å². The van der Waals surface area contributed by atoms with E-state index in [4.69, 9.17) is 37.0 Å². The van der Waals surface area contributed by atoms with Gasteiger partial charge in [-0.2, -0.15) is 0 Å². The number of phosphoric acid groups is 2. The second kappa shape index (κ2) is 78.3. The number of hydrogen-bond acceptors (Lipinski definition) is 15. The molecule has 0 aromatic carbocycles. The second-order valence-corrected chi connectivity index (χ2v) is 34.7. The molecule has 0 aromatic rings. The van der Waals surface area contributed by atoms with Gasteiger partial charge in [-0.1, -0.05) is 414 Å². The number of aliphatic hydroxyl groups is 1. The van der Waals surface area contributed by atoms with E-state index in [2.05, 4.69) is 41.5 Å². The van der Waals surface area contributed by atoms with Crippen molar-refractivity contribution in [2.75, 3.05) is 39.6 Å². The minimum atomic E-state index is -4.97. The van der Waals surface area contributed by atoms with Gasteiger partial charge in [0, 0.05) is 25.7 Å². The SMILES string of the molecule is CCCCCCCCCCCCCCCCCCCCC(=O)OC[C@H](COP(=O)(O)OC[C@@H](O)COP(=O)(O)OC[C@@H](COC(=O)CCCCCCCCCCC(C)CC)OC(=O)CCCCCCCCCCCCCCCC)OC(=O)CCCCCCCCCCCCCCCCCCCCC(C)CC. The van der Waals surface area contributed by atoms with Gasteiger partial charge in [-0.25, -0.2) is 9.13 Å². The number of unbranched alkanes of at least 4 members (excludes halogenated alkanes) is 54. The van der Waals surface area contributed by atoms with E-state index in [-0.39, 0.29) is 25.7 Å². The average molecular weight is 1550 g/mol. The van der Waals surface area contributed by atoms with Crippen molar-refractivity contribution >= 4 is 39.5 Å². The van der Waals surface area contributed by atoms with Crippen LogP contribution >= 0.6 is 15.6 Å². The van der Waals surface area contributed by atoms with Crippen LogP contribution in [0.5, 0.6) is 0 Å². The Bertz CT molecular complexity index is 2030. The Balaban J connectivity index is 5.24. The van der Waals surface area contributed by atoms with Crippen molar-refractivity contribution in [1.82, 2.24) is 0 Å². The Hall–Kier alpha value is -1.94. The summed E-state index contributed by atoms with van der Waals surface area (Å²) in [4.78, 5) is 73.3. The largest absolute Gasteiger partial charge is 0.472 e. The lowest BCUT2D eigenvalue weighted by Crippen LogP contribution is -2.30. The summed E-state index contributed by atoms with van der Waals surface area (Å²) >= 11 is 0. The Kier molecular flexibility index (Phi) is 76.9. The van der Waals surface area contributed by atoms with E-state index in [1.807, 2.05) is 0 Å². The summed E-state index contributed by atoms with van der Waals surface area (Å²) in [6.45, 7) is 9.75. The van der Waals surface area contributed by atoms with Crippen LogP contribution in [0.4, 0.5) is 0 Å². The summed E-state index contributed by atoms with van der Waals surface area (Å²) in [7, 11) is -9.93. The normalized spacial score (nSPS) is 14.3. The molecular formula is C87H170O17P2. The molecule has 3 N–H and O–H groups in total. The number of ether oxygens (including phenoxy) is 4. The summed E-state index contributed by atoms with van der Waals surface area (Å²) in [5.74, 6) is -0.451. The van der Waals surface area contributed by atoms with Gasteiger partial charge in [0.05, 0.1) is 26.4 Å². The molecule has 0 aromatic heterocycles. The quantitative estimate of drug-likeness (QED) is 0.0222. The number of carbonyl (C=O) groups excluding carboxylic acids is 4.